The Morgan fingerprint density at radius 3 is 2.24 bits per heavy atom. The topological polar surface area (TPSA) is 56.0 Å². The van der Waals surface area contributed by atoms with Crippen molar-refractivity contribution in [3.05, 3.63) is 33.3 Å². The van der Waals surface area contributed by atoms with Gasteiger partial charge in [0, 0.05) is 0 Å². The van der Waals surface area contributed by atoms with Crippen LogP contribution in [0.2, 0.25) is 0 Å². The van der Waals surface area contributed by atoms with E-state index in [0.29, 0.717) is 0 Å². The third-order valence-corrected chi connectivity index (χ3v) is 1.73. The molecule has 0 aliphatic heterocycles. The van der Waals surface area contributed by atoms with Crippen LogP contribution in [0.25, 0.3) is 0 Å². The zero-order valence-corrected chi connectivity index (χ0v) is 7.63. The first kappa shape index (κ1) is 13.2. The number of halogens is 6. The van der Waals surface area contributed by atoms with E-state index in [1.54, 1.807) is 0 Å². The van der Waals surface area contributed by atoms with Gasteiger partial charge in [-0.05, 0) is 9.91 Å². The van der Waals surface area contributed by atoms with Gasteiger partial charge in [0.25, 0.3) is 6.43 Å². The summed E-state index contributed by atoms with van der Waals surface area (Å²) in [6.45, 7) is 0. The lowest BCUT2D eigenvalue weighted by atomic mass is 10.1. The summed E-state index contributed by atoms with van der Waals surface area (Å²) < 4.78 is 74.0. The minimum atomic E-state index is -5.25. The second kappa shape index (κ2) is 4.18. The Morgan fingerprint density at radius 2 is 1.88 bits per heavy atom. The van der Waals surface area contributed by atoms with Gasteiger partial charge in [0.2, 0.25) is 0 Å². The first-order valence-electron chi connectivity index (χ1n) is 3.84. The van der Waals surface area contributed by atoms with E-state index in [2.05, 4.69) is 4.98 Å². The number of alkyl halides is 5. The van der Waals surface area contributed by atoms with Crippen LogP contribution < -0.4 is 0 Å². The molecule has 0 atom stereocenters. The summed E-state index contributed by atoms with van der Waals surface area (Å²) in [5.41, 5.74) is -4.04. The summed E-state index contributed by atoms with van der Waals surface area (Å²) in [7, 11) is 0. The van der Waals surface area contributed by atoms with Crippen LogP contribution in [-0.4, -0.2) is 9.91 Å². The Hall–Kier alpha value is -1.87. The van der Waals surface area contributed by atoms with Crippen molar-refractivity contribution in [2.75, 3.05) is 0 Å². The van der Waals surface area contributed by atoms with Gasteiger partial charge in [-0.3, -0.25) is 0 Å². The molecule has 0 fully saturated rings. The SMILES string of the molecule is O=[N+]([O-])c1ncc(C(F)(F)F)c(F)c1C(F)F. The molecule has 1 rings (SSSR count). The van der Waals surface area contributed by atoms with E-state index >= 15 is 0 Å². The minimum absolute atomic E-state index is 0.195. The third-order valence-electron chi connectivity index (χ3n) is 1.73. The fourth-order valence-electron chi connectivity index (χ4n) is 1.03. The quantitative estimate of drug-likeness (QED) is 0.466. The lowest BCUT2D eigenvalue weighted by molar-refractivity contribution is -0.391. The van der Waals surface area contributed by atoms with Gasteiger partial charge in [-0.15, -0.1) is 0 Å². The standard InChI is InChI=1S/C7H2F6N2O2/c8-4-2(7(11,12)13)1-14-6(15(16)17)3(4)5(9)10/h1,5H. The highest BCUT2D eigenvalue weighted by molar-refractivity contribution is 5.38. The first-order chi connectivity index (χ1) is 7.66. The maximum Gasteiger partial charge on any atom is 0.422 e. The Kier molecular flexibility index (Phi) is 3.25. The van der Waals surface area contributed by atoms with Crippen LogP contribution in [0.15, 0.2) is 6.20 Å². The number of aromatic nitrogens is 1. The molecular formula is C7H2F6N2O2. The van der Waals surface area contributed by atoms with Gasteiger partial charge in [-0.1, -0.05) is 0 Å². The van der Waals surface area contributed by atoms with Gasteiger partial charge in [0.15, 0.2) is 17.6 Å². The molecule has 0 unspecified atom stereocenters. The van der Waals surface area contributed by atoms with Crippen LogP contribution in [0.5, 0.6) is 0 Å². The minimum Gasteiger partial charge on any atom is -0.358 e. The van der Waals surface area contributed by atoms with Crippen LogP contribution in [-0.2, 0) is 6.18 Å². The lowest BCUT2D eigenvalue weighted by Crippen LogP contribution is -2.13. The molecule has 0 N–H and O–H groups in total. The fraction of sp³-hybridized carbons (Fsp3) is 0.286. The van der Waals surface area contributed by atoms with Crippen molar-refractivity contribution in [2.45, 2.75) is 12.6 Å². The monoisotopic (exact) mass is 260 g/mol. The van der Waals surface area contributed by atoms with E-state index < -0.39 is 40.3 Å². The summed E-state index contributed by atoms with van der Waals surface area (Å²) in [5.74, 6) is -4.01. The molecule has 0 saturated heterocycles. The highest BCUT2D eigenvalue weighted by Gasteiger charge is 2.41. The average molecular weight is 260 g/mol. The number of rotatable bonds is 2. The van der Waals surface area contributed by atoms with Crippen LogP contribution in [0.1, 0.15) is 17.6 Å². The second-order valence-electron chi connectivity index (χ2n) is 2.78. The molecule has 0 aliphatic carbocycles. The highest BCUT2D eigenvalue weighted by atomic mass is 19.4. The lowest BCUT2D eigenvalue weighted by Gasteiger charge is -2.09. The van der Waals surface area contributed by atoms with Crippen molar-refractivity contribution in [1.82, 2.24) is 4.98 Å². The summed E-state index contributed by atoms with van der Waals surface area (Å²) in [6.07, 6.45) is -9.22. The molecule has 4 nitrogen and oxygen atoms in total. The number of nitro groups is 1. The molecule has 17 heavy (non-hydrogen) atoms. The summed E-state index contributed by atoms with van der Waals surface area (Å²) in [4.78, 5) is 11.3. The Morgan fingerprint density at radius 1 is 1.35 bits per heavy atom. The Bertz CT molecular complexity index is 458. The average Bonchev–Trinajstić information content (AvgIpc) is 2.13. The molecule has 10 heteroatoms. The molecule has 1 aromatic heterocycles. The predicted molar refractivity (Wildman–Crippen MR) is 40.8 cm³/mol. The van der Waals surface area contributed by atoms with Gasteiger partial charge in [0.1, 0.15) is 5.56 Å². The van der Waals surface area contributed by atoms with Gasteiger partial charge in [-0.25, -0.2) is 13.2 Å². The number of hydrogen-bond donors (Lipinski definition) is 0. The molecule has 0 amide bonds. The van der Waals surface area contributed by atoms with Crippen molar-refractivity contribution in [3.8, 4) is 0 Å². The van der Waals surface area contributed by atoms with Gasteiger partial charge < -0.3 is 10.1 Å². The molecule has 94 valence electrons. The molecule has 0 aromatic carbocycles. The molecule has 0 radical (unpaired) electrons. The van der Waals surface area contributed by atoms with E-state index in [1.807, 2.05) is 0 Å². The largest absolute Gasteiger partial charge is 0.422 e. The number of hydrogen-bond acceptors (Lipinski definition) is 3. The highest BCUT2D eigenvalue weighted by Crippen LogP contribution is 2.37. The fourth-order valence-corrected chi connectivity index (χ4v) is 1.03. The van der Waals surface area contributed by atoms with Crippen LogP contribution in [0, 0.1) is 15.9 Å². The van der Waals surface area contributed by atoms with E-state index in [4.69, 9.17) is 0 Å². The Labute approximate surface area is 89.0 Å². The summed E-state index contributed by atoms with van der Waals surface area (Å²) in [6, 6.07) is 0. The van der Waals surface area contributed by atoms with Crippen molar-refractivity contribution >= 4 is 5.82 Å². The first-order valence-corrected chi connectivity index (χ1v) is 3.84. The second-order valence-corrected chi connectivity index (χ2v) is 2.78. The number of nitrogens with zero attached hydrogens (tertiary/aromatic N) is 2. The van der Waals surface area contributed by atoms with Crippen molar-refractivity contribution < 1.29 is 31.3 Å². The van der Waals surface area contributed by atoms with Crippen LogP contribution >= 0.6 is 0 Å². The van der Waals surface area contributed by atoms with Crippen molar-refractivity contribution in [1.29, 1.82) is 0 Å². The number of pyridine rings is 1. The maximum absolute atomic E-state index is 13.1. The maximum atomic E-state index is 13.1. The van der Waals surface area contributed by atoms with E-state index in [0.717, 1.165) is 0 Å². The normalized spacial score (nSPS) is 11.9. The van der Waals surface area contributed by atoms with Crippen LogP contribution in [0.4, 0.5) is 32.2 Å². The molecular weight excluding hydrogens is 258 g/mol. The zero-order chi connectivity index (χ0) is 13.4. The van der Waals surface area contributed by atoms with Gasteiger partial charge in [0.05, 0.1) is 0 Å². The third kappa shape index (κ3) is 2.45. The van der Waals surface area contributed by atoms with Crippen LogP contribution in [0.3, 0.4) is 0 Å². The summed E-state index contributed by atoms with van der Waals surface area (Å²) in [5, 5.41) is 10.2. The molecule has 0 spiro atoms. The molecule has 0 aliphatic rings. The van der Waals surface area contributed by atoms with Gasteiger partial charge in [-0.2, -0.15) is 13.2 Å². The zero-order valence-electron chi connectivity index (χ0n) is 7.63. The molecule has 1 heterocycles. The molecule has 1 aromatic rings. The van der Waals surface area contributed by atoms with E-state index in [1.165, 1.54) is 0 Å². The van der Waals surface area contributed by atoms with Crippen molar-refractivity contribution in [3.63, 3.8) is 0 Å². The van der Waals surface area contributed by atoms with Crippen molar-refractivity contribution in [2.24, 2.45) is 0 Å². The smallest absolute Gasteiger partial charge is 0.358 e. The van der Waals surface area contributed by atoms with E-state index in [-0.39, 0.29) is 6.20 Å². The molecule has 0 saturated carbocycles. The molecule has 0 bridgehead atoms. The van der Waals surface area contributed by atoms with E-state index in [9.17, 15) is 36.5 Å². The Balaban J connectivity index is 3.55. The predicted octanol–water partition coefficient (Wildman–Crippen LogP) is 3.09. The van der Waals surface area contributed by atoms with Gasteiger partial charge >= 0.3 is 12.0 Å². The summed E-state index contributed by atoms with van der Waals surface area (Å²) >= 11 is 0.